The molecule has 4 heterocycles. The molecule has 1 amide bonds. The van der Waals surface area contributed by atoms with Crippen LogP contribution in [0.5, 0.6) is 0 Å². The van der Waals surface area contributed by atoms with Crippen molar-refractivity contribution < 1.29 is 57.6 Å². The number of benzene rings is 1. The summed E-state index contributed by atoms with van der Waals surface area (Å²) in [5.41, 5.74) is 12.2. The van der Waals surface area contributed by atoms with Crippen molar-refractivity contribution in [3.05, 3.63) is 48.0 Å². The van der Waals surface area contributed by atoms with E-state index in [1.54, 1.807) is 6.92 Å². The molecule has 2 aliphatic heterocycles. The summed E-state index contributed by atoms with van der Waals surface area (Å²) in [6.07, 6.45) is -5.84. The second-order valence-corrected chi connectivity index (χ2v) is 14.8. The molecule has 0 radical (unpaired) electrons. The third-order valence-corrected chi connectivity index (χ3v) is 11.4. The molecule has 3 aromatic rings. The van der Waals surface area contributed by atoms with Crippen LogP contribution < -0.4 is 11.5 Å². The summed E-state index contributed by atoms with van der Waals surface area (Å²) in [6, 6.07) is 5.86. The number of aromatic nitrogens is 4. The van der Waals surface area contributed by atoms with Crippen LogP contribution in [0.3, 0.4) is 0 Å². The van der Waals surface area contributed by atoms with Gasteiger partial charge in [0.15, 0.2) is 17.4 Å². The van der Waals surface area contributed by atoms with Gasteiger partial charge in [-0.15, -0.1) is 0 Å². The van der Waals surface area contributed by atoms with Crippen molar-refractivity contribution in [3.8, 4) is 0 Å². The fourth-order valence-electron chi connectivity index (χ4n) is 5.12. The number of fused-ring (bicyclic) bond motifs is 1. The molecule has 10 atom stereocenters. The first-order valence-corrected chi connectivity index (χ1v) is 16.8. The van der Waals surface area contributed by atoms with Gasteiger partial charge in [-0.3, -0.25) is 18.5 Å². The standard InChI is InChI=1S/C24H32N6O12P2/c1-11-17(31)14(42-24(11)30-9-29-16-21(25)27-8-28-23(16)30)6-39-43(35,36)10-44(37,38)40-7-15-18(32)19(33)20(41-15)12-3-2-4-13(5-12)22(26)34/h2-5,8-9,11,14-15,17-20,24,31-33H,6-7,10H2,1H3,(H2,26,34)(H,35,36)(H,37,38)(H2,25,27,28)/t11?,14-,15-,17-,18+,19?,20+,24-/m1/s1. The normalized spacial score (nSPS) is 31.6. The van der Waals surface area contributed by atoms with Crippen LogP contribution in [0.4, 0.5) is 5.82 Å². The number of amides is 1. The van der Waals surface area contributed by atoms with E-state index in [1.165, 1.54) is 41.5 Å². The molecule has 4 unspecified atom stereocenters. The van der Waals surface area contributed by atoms with Gasteiger partial charge in [0.2, 0.25) is 5.91 Å². The fraction of sp³-hybridized carbons (Fsp3) is 0.500. The first kappa shape index (κ1) is 32.5. The van der Waals surface area contributed by atoms with Gasteiger partial charge in [0.1, 0.15) is 48.6 Å². The van der Waals surface area contributed by atoms with Crippen molar-refractivity contribution in [2.24, 2.45) is 11.7 Å². The van der Waals surface area contributed by atoms with Crippen molar-refractivity contribution in [2.75, 3.05) is 24.9 Å². The van der Waals surface area contributed by atoms with Crippen LogP contribution in [0, 0.1) is 5.92 Å². The highest BCUT2D eigenvalue weighted by Gasteiger charge is 2.46. The van der Waals surface area contributed by atoms with Gasteiger partial charge in [-0.1, -0.05) is 19.1 Å². The van der Waals surface area contributed by atoms with Crippen molar-refractivity contribution >= 4 is 38.1 Å². The number of carbonyl (C=O) groups is 1. The minimum absolute atomic E-state index is 0.140. The molecule has 240 valence electrons. The Bertz CT molecular complexity index is 1630. The Balaban J connectivity index is 1.16. The number of imidazole rings is 1. The third-order valence-electron chi connectivity index (χ3n) is 7.45. The van der Waals surface area contributed by atoms with Gasteiger partial charge in [0.25, 0.3) is 0 Å². The highest BCUT2D eigenvalue weighted by molar-refractivity contribution is 7.70. The van der Waals surface area contributed by atoms with E-state index in [2.05, 4.69) is 15.0 Å². The second-order valence-electron chi connectivity index (χ2n) is 10.6. The molecule has 18 nitrogen and oxygen atoms in total. The minimum atomic E-state index is -4.81. The maximum absolute atomic E-state index is 12.7. The number of nitrogens with zero attached hydrogens (tertiary/aromatic N) is 4. The van der Waals surface area contributed by atoms with E-state index in [0.29, 0.717) is 16.7 Å². The molecule has 5 rings (SSSR count). The lowest BCUT2D eigenvalue weighted by Crippen LogP contribution is -2.33. The number of nitrogens with two attached hydrogens (primary N) is 2. The molecule has 20 heteroatoms. The lowest BCUT2D eigenvalue weighted by Gasteiger charge is -2.21. The number of rotatable bonds is 11. The van der Waals surface area contributed by atoms with Crippen LogP contribution >= 0.6 is 15.2 Å². The maximum Gasteiger partial charge on any atom is 0.340 e. The van der Waals surface area contributed by atoms with Gasteiger partial charge in [-0.2, -0.15) is 0 Å². The highest BCUT2D eigenvalue weighted by Crippen LogP contribution is 2.59. The topological polar surface area (TPSA) is 285 Å². The second kappa shape index (κ2) is 12.5. The quantitative estimate of drug-likeness (QED) is 0.129. The predicted molar refractivity (Wildman–Crippen MR) is 150 cm³/mol. The average Bonchev–Trinajstić information content (AvgIpc) is 3.61. The Hall–Kier alpha value is -2.86. The molecule has 0 spiro atoms. The number of ether oxygens (including phenoxy) is 2. The minimum Gasteiger partial charge on any atom is -0.390 e. The van der Waals surface area contributed by atoms with Crippen molar-refractivity contribution in [3.63, 3.8) is 0 Å². The lowest BCUT2D eigenvalue weighted by molar-refractivity contribution is -0.0412. The zero-order valence-electron chi connectivity index (χ0n) is 23.1. The van der Waals surface area contributed by atoms with Crippen LogP contribution in [0.1, 0.15) is 35.2 Å². The summed E-state index contributed by atoms with van der Waals surface area (Å²) >= 11 is 0. The summed E-state index contributed by atoms with van der Waals surface area (Å²) in [6.45, 7) is 0.340. The van der Waals surface area contributed by atoms with Gasteiger partial charge in [0, 0.05) is 11.5 Å². The number of nitrogen functional groups attached to an aromatic ring is 1. The number of aliphatic hydroxyl groups excluding tert-OH is 3. The molecule has 1 aromatic carbocycles. The summed E-state index contributed by atoms with van der Waals surface area (Å²) in [7, 11) is -9.60. The zero-order chi connectivity index (χ0) is 32.0. The van der Waals surface area contributed by atoms with E-state index in [1.807, 2.05) is 0 Å². The van der Waals surface area contributed by atoms with E-state index in [0.717, 1.165) is 0 Å². The number of carbonyl (C=O) groups excluding carboxylic acids is 1. The van der Waals surface area contributed by atoms with E-state index in [-0.39, 0.29) is 11.4 Å². The van der Waals surface area contributed by atoms with Crippen molar-refractivity contribution in [2.45, 2.75) is 49.8 Å². The molecule has 2 fully saturated rings. The molecule has 0 bridgehead atoms. The van der Waals surface area contributed by atoms with Gasteiger partial charge in [-0.25, -0.2) is 15.0 Å². The Morgan fingerprint density at radius 3 is 2.32 bits per heavy atom. The summed E-state index contributed by atoms with van der Waals surface area (Å²) in [5.74, 6) is -2.43. The van der Waals surface area contributed by atoms with Crippen LogP contribution in [0.25, 0.3) is 11.2 Å². The molecule has 2 aliphatic rings. The van der Waals surface area contributed by atoms with Crippen LogP contribution in [0.15, 0.2) is 36.9 Å². The number of hydrogen-bond acceptors (Lipinski definition) is 14. The fourth-order valence-corrected chi connectivity index (χ4v) is 8.34. The van der Waals surface area contributed by atoms with Crippen molar-refractivity contribution in [1.29, 1.82) is 0 Å². The zero-order valence-corrected chi connectivity index (χ0v) is 24.9. The van der Waals surface area contributed by atoms with Gasteiger partial charge < -0.3 is 55.1 Å². The molecule has 9 N–H and O–H groups in total. The molecule has 2 aromatic heterocycles. The molecular formula is C24H32N6O12P2. The van der Waals surface area contributed by atoms with Gasteiger partial charge in [0.05, 0.1) is 25.6 Å². The number of hydrogen-bond donors (Lipinski definition) is 7. The maximum atomic E-state index is 12.7. The number of anilines is 1. The largest absolute Gasteiger partial charge is 0.390 e. The van der Waals surface area contributed by atoms with Gasteiger partial charge in [-0.05, 0) is 17.7 Å². The Morgan fingerprint density at radius 1 is 1.00 bits per heavy atom. The highest BCUT2D eigenvalue weighted by atomic mass is 31.2. The van der Waals surface area contributed by atoms with E-state index in [4.69, 9.17) is 30.0 Å². The summed E-state index contributed by atoms with van der Waals surface area (Å²) < 4.78 is 48.4. The van der Waals surface area contributed by atoms with Crippen LogP contribution in [0.2, 0.25) is 0 Å². The lowest BCUT2D eigenvalue weighted by atomic mass is 10.00. The third kappa shape index (κ3) is 6.71. The smallest absolute Gasteiger partial charge is 0.340 e. The molecular weight excluding hydrogens is 626 g/mol. The van der Waals surface area contributed by atoms with E-state index < -0.39 is 89.0 Å². The molecule has 2 saturated heterocycles. The Labute approximate surface area is 249 Å². The predicted octanol–water partition coefficient (Wildman–Crippen LogP) is -0.375. The molecule has 44 heavy (non-hydrogen) atoms. The van der Waals surface area contributed by atoms with E-state index in [9.17, 15) is 39.0 Å². The summed E-state index contributed by atoms with van der Waals surface area (Å²) in [4.78, 5) is 44.2. The SMILES string of the molecule is CC1[C@@H](O)[C@@H](COP(=O)(O)CP(=O)(O)OC[C@H]2O[C@@H](c3cccc(C(N)=O)c3)C(O)[C@H]2O)O[C@H]1n1cnc2c(N)ncnc21. The first-order chi connectivity index (χ1) is 20.7. The van der Waals surface area contributed by atoms with Crippen LogP contribution in [-0.4, -0.2) is 100 Å². The number of aliphatic hydroxyl groups is 3. The van der Waals surface area contributed by atoms with Crippen LogP contribution in [-0.2, 0) is 27.7 Å². The monoisotopic (exact) mass is 658 g/mol. The Kier molecular flexibility index (Phi) is 9.24. The van der Waals surface area contributed by atoms with Gasteiger partial charge >= 0.3 is 15.2 Å². The van der Waals surface area contributed by atoms with Crippen molar-refractivity contribution in [1.82, 2.24) is 19.5 Å². The molecule has 0 saturated carbocycles. The molecule has 0 aliphatic carbocycles. The summed E-state index contributed by atoms with van der Waals surface area (Å²) in [5, 5.41) is 31.6. The first-order valence-electron chi connectivity index (χ1n) is 13.3. The number of primary amides is 1. The average molecular weight is 658 g/mol. The Morgan fingerprint density at radius 2 is 1.66 bits per heavy atom. The van der Waals surface area contributed by atoms with E-state index >= 15 is 0 Å².